The second kappa shape index (κ2) is 7.91. The molecular formula is C18H15N5O4. The first-order valence-corrected chi connectivity index (χ1v) is 7.84. The molecule has 0 aliphatic carbocycles. The number of methoxy groups -OCH3 is 1. The Hall–Kier alpha value is -4.01. The van der Waals surface area contributed by atoms with Crippen LogP contribution in [0.4, 0.5) is 5.69 Å². The van der Waals surface area contributed by atoms with Crippen molar-refractivity contribution in [3.8, 4) is 17.0 Å². The summed E-state index contributed by atoms with van der Waals surface area (Å²) in [6.45, 7) is 0. The molecule has 2 aromatic carbocycles. The number of rotatable bonds is 6. The molecule has 0 saturated carbocycles. The molecule has 0 bridgehead atoms. The fourth-order valence-electron chi connectivity index (χ4n) is 2.26. The van der Waals surface area contributed by atoms with Gasteiger partial charge in [0.1, 0.15) is 11.4 Å². The third-order valence-corrected chi connectivity index (χ3v) is 3.69. The highest BCUT2D eigenvalue weighted by atomic mass is 16.6. The third kappa shape index (κ3) is 4.34. The van der Waals surface area contributed by atoms with Gasteiger partial charge < -0.3 is 4.74 Å². The number of hydrazone groups is 1. The average molecular weight is 365 g/mol. The molecule has 0 unspecified atom stereocenters. The normalized spacial score (nSPS) is 10.7. The molecule has 9 heteroatoms. The summed E-state index contributed by atoms with van der Waals surface area (Å²) in [5.41, 5.74) is 4.67. The van der Waals surface area contributed by atoms with Crippen LogP contribution in [0.5, 0.6) is 5.75 Å². The molecule has 0 saturated heterocycles. The molecule has 0 atom stereocenters. The zero-order valence-electron chi connectivity index (χ0n) is 14.2. The number of nitro groups is 1. The van der Waals surface area contributed by atoms with Crippen LogP contribution in [0, 0.1) is 10.1 Å². The fraction of sp³-hybridized carbons (Fsp3) is 0.0556. The Kier molecular flexibility index (Phi) is 5.22. The Labute approximate surface area is 153 Å². The molecule has 3 aromatic rings. The number of aromatic amines is 1. The van der Waals surface area contributed by atoms with Gasteiger partial charge in [-0.1, -0.05) is 0 Å². The van der Waals surface area contributed by atoms with Crippen molar-refractivity contribution in [3.05, 3.63) is 76.0 Å². The van der Waals surface area contributed by atoms with Gasteiger partial charge in [-0.15, -0.1) is 0 Å². The minimum absolute atomic E-state index is 0.0142. The van der Waals surface area contributed by atoms with Gasteiger partial charge in [0, 0.05) is 17.7 Å². The largest absolute Gasteiger partial charge is 0.497 e. The van der Waals surface area contributed by atoms with E-state index in [1.165, 1.54) is 30.5 Å². The summed E-state index contributed by atoms with van der Waals surface area (Å²) in [7, 11) is 1.59. The van der Waals surface area contributed by atoms with Gasteiger partial charge in [0.15, 0.2) is 0 Å². The standard InChI is InChI=1S/C18H15N5O4/c1-27-15-8-4-13(5-9-15)16-10-17(21-20-16)18(24)22-19-11-12-2-6-14(7-3-12)23(25)26/h2-11H,1H3,(H,20,21)(H,22,24)/b19-11-. The number of hydrogen-bond donors (Lipinski definition) is 2. The van der Waals surface area contributed by atoms with Crippen LogP contribution in [-0.4, -0.2) is 34.4 Å². The van der Waals surface area contributed by atoms with Gasteiger partial charge in [-0.3, -0.25) is 20.0 Å². The Morgan fingerprint density at radius 3 is 2.56 bits per heavy atom. The Morgan fingerprint density at radius 2 is 1.93 bits per heavy atom. The van der Waals surface area contributed by atoms with Gasteiger partial charge in [-0.25, -0.2) is 5.43 Å². The second-order valence-electron chi connectivity index (χ2n) is 5.44. The summed E-state index contributed by atoms with van der Waals surface area (Å²) >= 11 is 0. The molecule has 27 heavy (non-hydrogen) atoms. The predicted molar refractivity (Wildman–Crippen MR) is 98.7 cm³/mol. The van der Waals surface area contributed by atoms with E-state index in [2.05, 4.69) is 20.7 Å². The highest BCUT2D eigenvalue weighted by molar-refractivity contribution is 5.94. The first-order chi connectivity index (χ1) is 13.1. The number of non-ortho nitro benzene ring substituents is 1. The van der Waals surface area contributed by atoms with Crippen molar-refractivity contribution in [2.75, 3.05) is 7.11 Å². The zero-order valence-corrected chi connectivity index (χ0v) is 14.2. The lowest BCUT2D eigenvalue weighted by atomic mass is 10.1. The molecule has 0 aliphatic heterocycles. The maximum Gasteiger partial charge on any atom is 0.289 e. The molecule has 1 amide bonds. The maximum atomic E-state index is 12.1. The van der Waals surface area contributed by atoms with Crippen LogP contribution >= 0.6 is 0 Å². The molecule has 0 spiro atoms. The molecule has 1 aromatic heterocycles. The van der Waals surface area contributed by atoms with E-state index >= 15 is 0 Å². The average Bonchev–Trinajstić information content (AvgIpc) is 3.19. The summed E-state index contributed by atoms with van der Waals surface area (Å²) in [5.74, 6) is 0.272. The van der Waals surface area contributed by atoms with Crippen molar-refractivity contribution in [2.45, 2.75) is 0 Å². The van der Waals surface area contributed by atoms with Crippen LogP contribution in [0.2, 0.25) is 0 Å². The topological polar surface area (TPSA) is 123 Å². The molecular weight excluding hydrogens is 350 g/mol. The smallest absolute Gasteiger partial charge is 0.289 e. The summed E-state index contributed by atoms with van der Waals surface area (Å²) in [5, 5.41) is 21.2. The number of ether oxygens (including phenoxy) is 1. The number of carbonyl (C=O) groups excluding carboxylic acids is 1. The lowest BCUT2D eigenvalue weighted by molar-refractivity contribution is -0.384. The number of H-pyrrole nitrogens is 1. The molecule has 3 rings (SSSR count). The Balaban J connectivity index is 1.62. The van der Waals surface area contributed by atoms with E-state index in [1.54, 1.807) is 25.3 Å². The zero-order chi connectivity index (χ0) is 19.2. The molecule has 2 N–H and O–H groups in total. The van der Waals surface area contributed by atoms with Crippen molar-refractivity contribution in [1.29, 1.82) is 0 Å². The molecule has 0 radical (unpaired) electrons. The summed E-state index contributed by atoms with van der Waals surface area (Å²) in [6, 6.07) is 14.7. The summed E-state index contributed by atoms with van der Waals surface area (Å²) in [4.78, 5) is 22.2. The molecule has 0 aliphatic rings. The molecule has 0 fully saturated rings. The minimum atomic E-state index is -0.485. The monoisotopic (exact) mass is 365 g/mol. The van der Waals surface area contributed by atoms with E-state index in [0.717, 1.165) is 11.3 Å². The van der Waals surface area contributed by atoms with Crippen LogP contribution in [-0.2, 0) is 0 Å². The van der Waals surface area contributed by atoms with Crippen LogP contribution in [0.3, 0.4) is 0 Å². The van der Waals surface area contributed by atoms with Gasteiger partial charge in [0.2, 0.25) is 0 Å². The van der Waals surface area contributed by atoms with E-state index < -0.39 is 10.8 Å². The lowest BCUT2D eigenvalue weighted by Crippen LogP contribution is -2.17. The molecule has 9 nitrogen and oxygen atoms in total. The predicted octanol–water partition coefficient (Wildman–Crippen LogP) is 2.76. The van der Waals surface area contributed by atoms with Gasteiger partial charge >= 0.3 is 0 Å². The number of amides is 1. The van der Waals surface area contributed by atoms with Gasteiger partial charge in [0.25, 0.3) is 11.6 Å². The van der Waals surface area contributed by atoms with Crippen molar-refractivity contribution in [1.82, 2.24) is 15.6 Å². The van der Waals surface area contributed by atoms with Crippen LogP contribution in [0.1, 0.15) is 16.1 Å². The Morgan fingerprint density at radius 1 is 1.22 bits per heavy atom. The van der Waals surface area contributed by atoms with Crippen LogP contribution < -0.4 is 10.2 Å². The highest BCUT2D eigenvalue weighted by Gasteiger charge is 2.10. The van der Waals surface area contributed by atoms with E-state index in [-0.39, 0.29) is 11.4 Å². The number of nitrogens with zero attached hydrogens (tertiary/aromatic N) is 3. The summed E-state index contributed by atoms with van der Waals surface area (Å²) in [6.07, 6.45) is 1.39. The van der Waals surface area contributed by atoms with E-state index in [0.29, 0.717) is 11.3 Å². The second-order valence-corrected chi connectivity index (χ2v) is 5.44. The van der Waals surface area contributed by atoms with Gasteiger partial charge in [-0.05, 0) is 48.0 Å². The van der Waals surface area contributed by atoms with Crippen LogP contribution in [0.25, 0.3) is 11.3 Å². The van der Waals surface area contributed by atoms with Crippen molar-refractivity contribution in [3.63, 3.8) is 0 Å². The van der Waals surface area contributed by atoms with Crippen LogP contribution in [0.15, 0.2) is 59.7 Å². The highest BCUT2D eigenvalue weighted by Crippen LogP contribution is 2.21. The molecule has 136 valence electrons. The first-order valence-electron chi connectivity index (χ1n) is 7.84. The minimum Gasteiger partial charge on any atom is -0.497 e. The van der Waals surface area contributed by atoms with Crippen molar-refractivity contribution >= 4 is 17.8 Å². The fourth-order valence-corrected chi connectivity index (χ4v) is 2.26. The van der Waals surface area contributed by atoms with E-state index in [4.69, 9.17) is 4.74 Å². The molecule has 1 heterocycles. The van der Waals surface area contributed by atoms with Crippen molar-refractivity contribution in [2.24, 2.45) is 5.10 Å². The quantitative estimate of drug-likeness (QED) is 0.395. The number of benzene rings is 2. The Bertz CT molecular complexity index is 978. The van der Waals surface area contributed by atoms with E-state index in [9.17, 15) is 14.9 Å². The van der Waals surface area contributed by atoms with Gasteiger partial charge in [-0.2, -0.15) is 10.2 Å². The number of aromatic nitrogens is 2. The number of nitro benzene ring substituents is 1. The van der Waals surface area contributed by atoms with Crippen molar-refractivity contribution < 1.29 is 14.5 Å². The van der Waals surface area contributed by atoms with E-state index in [1.807, 2.05) is 12.1 Å². The van der Waals surface area contributed by atoms with Gasteiger partial charge in [0.05, 0.1) is 23.9 Å². The number of carbonyl (C=O) groups is 1. The maximum absolute atomic E-state index is 12.1. The SMILES string of the molecule is COc1ccc(-c2cc(C(=O)N/N=C\c3ccc([N+](=O)[O-])cc3)[nH]n2)cc1. The third-order valence-electron chi connectivity index (χ3n) is 3.69. The lowest BCUT2D eigenvalue weighted by Gasteiger charge is -2.00. The number of nitrogens with one attached hydrogen (secondary N) is 2. The number of hydrogen-bond acceptors (Lipinski definition) is 6. The first kappa shape index (κ1) is 17.8. The summed E-state index contributed by atoms with van der Waals surface area (Å²) < 4.78 is 5.11.